The number of aromatic amines is 1. The van der Waals surface area contributed by atoms with Crippen molar-refractivity contribution < 1.29 is 19.1 Å². The molecule has 0 bridgehead atoms. The minimum absolute atomic E-state index is 0.227. The highest BCUT2D eigenvalue weighted by Crippen LogP contribution is 2.19. The van der Waals surface area contributed by atoms with E-state index in [9.17, 15) is 14.4 Å². The van der Waals surface area contributed by atoms with Gasteiger partial charge in [0.2, 0.25) is 5.91 Å². The van der Waals surface area contributed by atoms with Gasteiger partial charge in [-0.05, 0) is 55.7 Å². The highest BCUT2D eigenvalue weighted by atomic mass is 16.5. The number of aryl methyl sites for hydroxylation is 1. The number of rotatable bonds is 8. The summed E-state index contributed by atoms with van der Waals surface area (Å²) >= 11 is 0. The lowest BCUT2D eigenvalue weighted by Gasteiger charge is -2.13. The van der Waals surface area contributed by atoms with Crippen LogP contribution in [0.25, 0.3) is 10.9 Å². The van der Waals surface area contributed by atoms with Crippen LogP contribution in [0.2, 0.25) is 0 Å². The molecule has 2 aromatic carbocycles. The molecule has 1 aromatic heterocycles. The number of primary amides is 1. The van der Waals surface area contributed by atoms with Crippen molar-refractivity contribution in [3.8, 4) is 0 Å². The Morgan fingerprint density at radius 2 is 1.83 bits per heavy atom. The Labute approximate surface area is 168 Å². The molecule has 3 rings (SSSR count). The van der Waals surface area contributed by atoms with Gasteiger partial charge in [0, 0.05) is 34.8 Å². The summed E-state index contributed by atoms with van der Waals surface area (Å²) in [4.78, 5) is 38.5. The van der Waals surface area contributed by atoms with Gasteiger partial charge in [0.05, 0.1) is 0 Å². The summed E-state index contributed by atoms with van der Waals surface area (Å²) in [6.45, 7) is 1.52. The van der Waals surface area contributed by atoms with Gasteiger partial charge < -0.3 is 20.8 Å². The van der Waals surface area contributed by atoms with Crippen LogP contribution >= 0.6 is 0 Å². The van der Waals surface area contributed by atoms with E-state index in [4.69, 9.17) is 10.5 Å². The first-order chi connectivity index (χ1) is 13.9. The zero-order chi connectivity index (χ0) is 20.8. The van der Waals surface area contributed by atoms with Crippen molar-refractivity contribution in [1.82, 2.24) is 4.98 Å². The van der Waals surface area contributed by atoms with Crippen LogP contribution in [0.3, 0.4) is 0 Å². The van der Waals surface area contributed by atoms with Crippen LogP contribution < -0.4 is 11.1 Å². The highest BCUT2D eigenvalue weighted by Gasteiger charge is 2.18. The number of nitrogens with one attached hydrogen (secondary N) is 2. The maximum absolute atomic E-state index is 12.2. The number of para-hydroxylation sites is 1. The summed E-state index contributed by atoms with van der Waals surface area (Å²) in [5.41, 5.74) is 8.23. The maximum atomic E-state index is 12.2. The first-order valence-corrected chi connectivity index (χ1v) is 9.39. The van der Waals surface area contributed by atoms with Crippen molar-refractivity contribution in [2.75, 3.05) is 5.32 Å². The van der Waals surface area contributed by atoms with E-state index in [-0.39, 0.29) is 6.42 Å². The van der Waals surface area contributed by atoms with E-state index in [1.807, 2.05) is 30.5 Å². The van der Waals surface area contributed by atoms with Crippen LogP contribution in [0.4, 0.5) is 5.69 Å². The van der Waals surface area contributed by atoms with Gasteiger partial charge in [-0.25, -0.2) is 0 Å². The first kappa shape index (κ1) is 20.1. The van der Waals surface area contributed by atoms with Gasteiger partial charge >= 0.3 is 5.97 Å². The molecule has 0 aliphatic rings. The van der Waals surface area contributed by atoms with Crippen LogP contribution in [-0.2, 0) is 20.7 Å². The molecule has 1 heterocycles. The second-order valence-corrected chi connectivity index (χ2v) is 6.78. The highest BCUT2D eigenvalue weighted by molar-refractivity contribution is 5.96. The van der Waals surface area contributed by atoms with Crippen LogP contribution in [0, 0.1) is 0 Å². The molecular weight excluding hydrogens is 370 g/mol. The first-order valence-electron chi connectivity index (χ1n) is 9.39. The Morgan fingerprint density at radius 1 is 1.10 bits per heavy atom. The number of carbonyl (C=O) groups excluding carboxylic acids is 3. The van der Waals surface area contributed by atoms with Crippen molar-refractivity contribution >= 4 is 34.4 Å². The van der Waals surface area contributed by atoms with E-state index in [1.165, 1.54) is 19.1 Å². The van der Waals surface area contributed by atoms with Crippen LogP contribution in [0.15, 0.2) is 54.7 Å². The number of H-pyrrole nitrogens is 1. The fourth-order valence-electron chi connectivity index (χ4n) is 3.03. The fourth-order valence-corrected chi connectivity index (χ4v) is 3.03. The number of amides is 2. The average Bonchev–Trinajstić information content (AvgIpc) is 3.11. The predicted octanol–water partition coefficient (Wildman–Crippen LogP) is 3.16. The van der Waals surface area contributed by atoms with Crippen molar-refractivity contribution in [2.45, 2.75) is 32.3 Å². The lowest BCUT2D eigenvalue weighted by Crippen LogP contribution is -2.30. The molecule has 0 aliphatic carbocycles. The van der Waals surface area contributed by atoms with E-state index in [1.54, 1.807) is 12.1 Å². The Morgan fingerprint density at radius 3 is 2.55 bits per heavy atom. The van der Waals surface area contributed by atoms with Crippen LogP contribution in [0.5, 0.6) is 0 Å². The molecule has 7 heteroatoms. The Bertz CT molecular complexity index is 1020. The van der Waals surface area contributed by atoms with Gasteiger partial charge in [-0.3, -0.25) is 14.4 Å². The van der Waals surface area contributed by atoms with E-state index in [2.05, 4.69) is 10.3 Å². The molecule has 0 unspecified atom stereocenters. The zero-order valence-corrected chi connectivity index (χ0v) is 16.1. The number of hydrogen-bond acceptors (Lipinski definition) is 4. The van der Waals surface area contributed by atoms with Gasteiger partial charge in [0.15, 0.2) is 6.10 Å². The normalized spacial score (nSPS) is 11.8. The third kappa shape index (κ3) is 5.22. The predicted molar refractivity (Wildman–Crippen MR) is 110 cm³/mol. The number of esters is 1. The molecule has 1 atom stereocenters. The summed E-state index contributed by atoms with van der Waals surface area (Å²) < 4.78 is 5.22. The number of hydrogen-bond donors (Lipinski definition) is 3. The molecule has 0 aliphatic heterocycles. The Balaban J connectivity index is 1.44. The number of aromatic nitrogens is 1. The van der Waals surface area contributed by atoms with Gasteiger partial charge in [0.25, 0.3) is 5.91 Å². The monoisotopic (exact) mass is 393 g/mol. The van der Waals surface area contributed by atoms with Crippen molar-refractivity contribution in [2.24, 2.45) is 5.73 Å². The smallest absolute Gasteiger partial charge is 0.306 e. The summed E-state index contributed by atoms with van der Waals surface area (Å²) in [5.74, 6) is -1.41. The second-order valence-electron chi connectivity index (χ2n) is 6.78. The lowest BCUT2D eigenvalue weighted by atomic mass is 10.1. The van der Waals surface area contributed by atoms with Crippen molar-refractivity contribution in [3.63, 3.8) is 0 Å². The lowest BCUT2D eigenvalue weighted by molar-refractivity contribution is -0.153. The fraction of sp³-hybridized carbons (Fsp3) is 0.227. The minimum Gasteiger partial charge on any atom is -0.453 e. The quantitative estimate of drug-likeness (QED) is 0.510. The molecule has 0 saturated carbocycles. The van der Waals surface area contributed by atoms with E-state index >= 15 is 0 Å². The van der Waals surface area contributed by atoms with Crippen molar-refractivity contribution in [3.05, 3.63) is 65.9 Å². The zero-order valence-electron chi connectivity index (χ0n) is 16.1. The van der Waals surface area contributed by atoms with Crippen LogP contribution in [0.1, 0.15) is 35.7 Å². The molecule has 0 fully saturated rings. The number of ether oxygens (including phenoxy) is 1. The molecule has 0 radical (unpaired) electrons. The van der Waals surface area contributed by atoms with Gasteiger partial charge in [-0.2, -0.15) is 0 Å². The molecular formula is C22H23N3O4. The summed E-state index contributed by atoms with van der Waals surface area (Å²) in [6.07, 6.45) is 2.63. The summed E-state index contributed by atoms with van der Waals surface area (Å²) in [7, 11) is 0. The Kier molecular flexibility index (Phi) is 6.29. The SMILES string of the molecule is C[C@H](OC(=O)CCCc1c[nH]c2ccccc12)C(=O)Nc1ccc(C(N)=O)cc1. The molecule has 3 aromatic rings. The summed E-state index contributed by atoms with van der Waals surface area (Å²) in [5, 5.41) is 3.79. The van der Waals surface area contributed by atoms with Gasteiger partial charge in [0.1, 0.15) is 0 Å². The number of carbonyl (C=O) groups is 3. The standard InChI is InChI=1S/C22H23N3O4/c1-14(22(28)25-17-11-9-15(10-12-17)21(23)27)29-20(26)8-4-5-16-13-24-19-7-3-2-6-18(16)19/h2-3,6-7,9-14,24H,4-5,8H2,1H3,(H2,23,27)(H,25,28)/t14-/m0/s1. The molecule has 7 nitrogen and oxygen atoms in total. The maximum Gasteiger partial charge on any atom is 0.306 e. The molecule has 2 amide bonds. The molecule has 29 heavy (non-hydrogen) atoms. The van der Waals surface area contributed by atoms with Gasteiger partial charge in [-0.15, -0.1) is 0 Å². The molecule has 0 spiro atoms. The average molecular weight is 393 g/mol. The second kappa shape index (κ2) is 9.05. The van der Waals surface area contributed by atoms with E-state index in [0.29, 0.717) is 17.7 Å². The largest absolute Gasteiger partial charge is 0.453 e. The molecule has 150 valence electrons. The van der Waals surface area contributed by atoms with Gasteiger partial charge in [-0.1, -0.05) is 18.2 Å². The minimum atomic E-state index is -0.925. The number of fused-ring (bicyclic) bond motifs is 1. The van der Waals surface area contributed by atoms with Crippen LogP contribution in [-0.4, -0.2) is 28.9 Å². The van der Waals surface area contributed by atoms with E-state index < -0.39 is 23.9 Å². The Hall–Kier alpha value is -3.61. The molecule has 4 N–H and O–H groups in total. The summed E-state index contributed by atoms with van der Waals surface area (Å²) in [6, 6.07) is 14.2. The van der Waals surface area contributed by atoms with E-state index in [0.717, 1.165) is 22.9 Å². The molecule has 0 saturated heterocycles. The van der Waals surface area contributed by atoms with Crippen molar-refractivity contribution in [1.29, 1.82) is 0 Å². The number of benzene rings is 2. The third-order valence-electron chi connectivity index (χ3n) is 4.62. The number of anilines is 1. The topological polar surface area (TPSA) is 114 Å². The number of nitrogens with two attached hydrogens (primary N) is 1. The third-order valence-corrected chi connectivity index (χ3v) is 4.62.